The first kappa shape index (κ1) is 22.0. The van der Waals surface area contributed by atoms with E-state index in [1.54, 1.807) is 0 Å². The molecule has 3 heterocycles. The highest BCUT2D eigenvalue weighted by molar-refractivity contribution is 6.09. The number of fused-ring (bicyclic) bond motifs is 7. The Balaban J connectivity index is 1.18. The van der Waals surface area contributed by atoms with Crippen LogP contribution in [0.5, 0.6) is 0 Å². The molecule has 0 unspecified atom stereocenters. The number of rotatable bonds is 4. The molecule has 0 amide bonds. The summed E-state index contributed by atoms with van der Waals surface area (Å²) in [5.41, 5.74) is 5.73. The summed E-state index contributed by atoms with van der Waals surface area (Å²) in [5.74, 6) is 0.477. The Morgan fingerprint density at radius 1 is 0.458 bits per heavy atom. The Kier molecular flexibility index (Phi) is 4.81. The average molecular weight is 620 g/mol. The molecule has 0 saturated heterocycles. The fourth-order valence-corrected chi connectivity index (χ4v) is 6.67. The maximum absolute atomic E-state index is 8.75. The smallest absolute Gasteiger partial charge is 0.238 e. The van der Waals surface area contributed by atoms with Gasteiger partial charge in [0.25, 0.3) is 0 Å². The van der Waals surface area contributed by atoms with Crippen molar-refractivity contribution in [1.82, 2.24) is 19.5 Å². The number of nitrogens with zero attached hydrogens (tertiary/aromatic N) is 4. The lowest BCUT2D eigenvalue weighted by Crippen LogP contribution is -2.06. The van der Waals surface area contributed by atoms with Crippen LogP contribution in [0.4, 0.5) is 0 Å². The Labute approximate surface area is 282 Å². The first-order chi connectivity index (χ1) is 25.8. The van der Waals surface area contributed by atoms with Crippen LogP contribution in [-0.2, 0) is 0 Å². The minimum absolute atomic E-state index is 0.0337. The van der Waals surface area contributed by atoms with E-state index in [1.165, 1.54) is 10.8 Å². The molecule has 0 radical (unpaired) electrons. The lowest BCUT2D eigenvalue weighted by molar-refractivity contribution is 0.669. The topological polar surface area (TPSA) is 56.7 Å². The number of benzene rings is 7. The third-order valence-corrected chi connectivity index (χ3v) is 8.94. The van der Waals surface area contributed by atoms with Crippen molar-refractivity contribution in [1.29, 1.82) is 0 Å². The summed E-state index contributed by atoms with van der Waals surface area (Å²) in [5, 5.41) is 6.25. The van der Waals surface area contributed by atoms with E-state index in [9.17, 15) is 0 Å². The molecule has 0 aliphatic carbocycles. The third kappa shape index (κ3) is 4.22. The van der Waals surface area contributed by atoms with E-state index in [1.807, 2.05) is 83.4 Å². The molecule has 0 atom stereocenters. The zero-order chi connectivity index (χ0) is 36.0. The van der Waals surface area contributed by atoms with Crippen LogP contribution in [0.1, 0.15) is 6.85 Å². The van der Waals surface area contributed by atoms with Crippen LogP contribution in [0.15, 0.2) is 162 Å². The molecule has 5 heteroatoms. The van der Waals surface area contributed by atoms with E-state index in [2.05, 4.69) is 48.5 Å². The van der Waals surface area contributed by atoms with Crippen LogP contribution in [0, 0.1) is 0 Å². The van der Waals surface area contributed by atoms with Gasteiger partial charge in [0.1, 0.15) is 11.2 Å². The minimum atomic E-state index is -0.486. The van der Waals surface area contributed by atoms with E-state index in [0.29, 0.717) is 11.1 Å². The minimum Gasteiger partial charge on any atom is -0.456 e. The summed E-state index contributed by atoms with van der Waals surface area (Å²) >= 11 is 0. The van der Waals surface area contributed by atoms with Crippen molar-refractivity contribution in [2.24, 2.45) is 0 Å². The van der Waals surface area contributed by atoms with Gasteiger partial charge in [0, 0.05) is 32.7 Å². The maximum Gasteiger partial charge on any atom is 0.238 e. The number of para-hydroxylation sites is 2. The average Bonchev–Trinajstić information content (AvgIpc) is 3.74. The summed E-state index contributed by atoms with van der Waals surface area (Å²) in [6.07, 6.45) is 0. The van der Waals surface area contributed by atoms with Gasteiger partial charge in [-0.25, -0.2) is 4.98 Å². The van der Waals surface area contributed by atoms with Crippen LogP contribution in [0.25, 0.3) is 94.4 Å². The summed E-state index contributed by atoms with van der Waals surface area (Å²) < 4.78 is 50.8. The van der Waals surface area contributed by atoms with Crippen molar-refractivity contribution in [2.45, 2.75) is 0 Å². The van der Waals surface area contributed by atoms with Gasteiger partial charge >= 0.3 is 0 Å². The highest BCUT2D eigenvalue weighted by Crippen LogP contribution is 2.36. The highest BCUT2D eigenvalue weighted by Gasteiger charge is 2.18. The summed E-state index contributed by atoms with van der Waals surface area (Å²) in [7, 11) is 0. The maximum atomic E-state index is 8.75. The molecule has 5 nitrogen and oxygen atoms in total. The second-order valence-corrected chi connectivity index (χ2v) is 11.7. The van der Waals surface area contributed by atoms with Crippen molar-refractivity contribution >= 4 is 54.5 Å². The summed E-state index contributed by atoms with van der Waals surface area (Å²) in [6, 6.07) is 40.4. The molecule has 0 bridgehead atoms. The normalized spacial score (nSPS) is 13.2. The fraction of sp³-hybridized carbons (Fsp3) is 0. The second-order valence-electron chi connectivity index (χ2n) is 11.7. The van der Waals surface area contributed by atoms with Gasteiger partial charge in [-0.1, -0.05) is 115 Å². The van der Waals surface area contributed by atoms with Gasteiger partial charge in [-0.05, 0) is 64.4 Å². The van der Waals surface area contributed by atoms with Gasteiger partial charge in [-0.2, -0.15) is 9.97 Å². The van der Waals surface area contributed by atoms with E-state index >= 15 is 0 Å². The van der Waals surface area contributed by atoms with Crippen LogP contribution in [0.2, 0.25) is 0 Å². The van der Waals surface area contributed by atoms with Crippen LogP contribution >= 0.6 is 0 Å². The number of furan rings is 1. The van der Waals surface area contributed by atoms with Gasteiger partial charge in [0.2, 0.25) is 5.95 Å². The van der Waals surface area contributed by atoms with E-state index in [-0.39, 0.29) is 23.2 Å². The summed E-state index contributed by atoms with van der Waals surface area (Å²) in [4.78, 5) is 14.6. The zero-order valence-electron chi connectivity index (χ0n) is 30.3. The molecular weight excluding hydrogens is 589 g/mol. The molecule has 48 heavy (non-hydrogen) atoms. The van der Waals surface area contributed by atoms with Gasteiger partial charge in [-0.15, -0.1) is 0 Å². The van der Waals surface area contributed by atoms with Crippen molar-refractivity contribution in [2.75, 3.05) is 0 Å². The molecule has 10 rings (SSSR count). The Bertz CT molecular complexity index is 3070. The Hall–Kier alpha value is -6.59. The SMILES string of the molecule is [2H]c1c([2H])c([2H])c(-c2nc(-c3ccc4c(c3)oc3cc(-c5ccc6ccccc6c5)ccc34)nc(-n3c4ccccc4c4ccccc43)n2)c([2H])c1[2H]. The molecule has 0 saturated carbocycles. The highest BCUT2D eigenvalue weighted by atomic mass is 16.3. The van der Waals surface area contributed by atoms with Crippen molar-refractivity contribution in [3.05, 3.63) is 158 Å². The fourth-order valence-electron chi connectivity index (χ4n) is 6.67. The van der Waals surface area contributed by atoms with E-state index < -0.39 is 30.2 Å². The monoisotopic (exact) mass is 619 g/mol. The molecule has 7 aromatic carbocycles. The zero-order valence-corrected chi connectivity index (χ0v) is 25.3. The summed E-state index contributed by atoms with van der Waals surface area (Å²) in [6.45, 7) is 0. The van der Waals surface area contributed by atoms with Gasteiger partial charge in [0.05, 0.1) is 17.9 Å². The molecule has 0 N–H and O–H groups in total. The number of hydrogen-bond donors (Lipinski definition) is 0. The van der Waals surface area contributed by atoms with Crippen LogP contribution in [-0.4, -0.2) is 19.5 Å². The number of hydrogen-bond acceptors (Lipinski definition) is 4. The Morgan fingerprint density at radius 2 is 1.02 bits per heavy atom. The van der Waals surface area contributed by atoms with Crippen LogP contribution < -0.4 is 0 Å². The van der Waals surface area contributed by atoms with E-state index in [0.717, 1.165) is 49.3 Å². The molecule has 224 valence electrons. The molecule has 0 fully saturated rings. The Morgan fingerprint density at radius 3 is 1.75 bits per heavy atom. The lowest BCUT2D eigenvalue weighted by atomic mass is 10.00. The molecule has 0 aliphatic rings. The third-order valence-electron chi connectivity index (χ3n) is 8.94. The quantitative estimate of drug-likeness (QED) is 0.197. The number of aromatic nitrogens is 4. The molecule has 10 aromatic rings. The predicted molar refractivity (Wildman–Crippen MR) is 195 cm³/mol. The standard InChI is InChI=1S/C43H26N4O/c1-2-11-28(12-3-1)41-44-42(46-43(45-41)47-37-16-8-6-14-33(37)34-15-7-9-17-38(34)47)32-21-23-36-35-22-20-31(25-39(35)48-40(36)26-32)30-19-18-27-10-4-5-13-29(27)24-30/h1-26H/i1D,2D,3D,11D,12D. The lowest BCUT2D eigenvalue weighted by Gasteiger charge is -2.10. The predicted octanol–water partition coefficient (Wildman–Crippen LogP) is 11.0. The van der Waals surface area contributed by atoms with Crippen LogP contribution in [0.3, 0.4) is 0 Å². The van der Waals surface area contributed by atoms with Gasteiger partial charge in [-0.3, -0.25) is 4.57 Å². The second kappa shape index (κ2) is 10.5. The van der Waals surface area contributed by atoms with Crippen molar-refractivity contribution in [3.63, 3.8) is 0 Å². The van der Waals surface area contributed by atoms with Gasteiger partial charge in [0.15, 0.2) is 11.6 Å². The van der Waals surface area contributed by atoms with Gasteiger partial charge < -0.3 is 4.42 Å². The first-order valence-electron chi connectivity index (χ1n) is 18.1. The van der Waals surface area contributed by atoms with Crippen molar-refractivity contribution < 1.29 is 11.3 Å². The molecule has 0 spiro atoms. The molecular formula is C43H26N4O. The largest absolute Gasteiger partial charge is 0.456 e. The van der Waals surface area contributed by atoms with E-state index in [4.69, 9.17) is 26.2 Å². The molecule has 3 aromatic heterocycles. The first-order valence-corrected chi connectivity index (χ1v) is 15.6. The van der Waals surface area contributed by atoms with Crippen molar-refractivity contribution in [3.8, 4) is 39.9 Å². The molecule has 0 aliphatic heterocycles.